The highest BCUT2D eigenvalue weighted by molar-refractivity contribution is 6.04. The van der Waals surface area contributed by atoms with E-state index in [0.717, 1.165) is 31.0 Å². The molecular formula is C29H45NO8. The molecule has 3 aliphatic rings. The molecule has 1 saturated carbocycles. The van der Waals surface area contributed by atoms with E-state index in [9.17, 15) is 9.90 Å². The van der Waals surface area contributed by atoms with Gasteiger partial charge in [-0.2, -0.15) is 0 Å². The number of aromatic hydroxyl groups is 1. The first kappa shape index (κ1) is 29.2. The molecule has 1 aromatic rings. The average Bonchev–Trinajstić information content (AvgIpc) is 3.72. The Morgan fingerprint density at radius 1 is 0.921 bits per heavy atom. The van der Waals surface area contributed by atoms with Gasteiger partial charge in [-0.1, -0.05) is 13.8 Å². The van der Waals surface area contributed by atoms with Crippen LogP contribution in [0.15, 0.2) is 12.1 Å². The molecule has 1 heterocycles. The standard InChI is InChI=1S/C29H45NO8/c1-21-26-27(32)23-6-7-24(31)28(25(23)29(21,2)8-9-30(26)20-22-4-5-22)38-19-18-37-17-16-36-15-14-35-13-12-34-11-10-33-3/h6-7,21-22,26,31H,4-5,8-20H2,1-3H3/t21-,26?,29+/m0/s1. The molecule has 2 aliphatic carbocycles. The van der Waals surface area contributed by atoms with E-state index >= 15 is 0 Å². The summed E-state index contributed by atoms with van der Waals surface area (Å²) in [5.74, 6) is 1.57. The van der Waals surface area contributed by atoms with E-state index in [1.165, 1.54) is 12.8 Å². The molecule has 2 bridgehead atoms. The third kappa shape index (κ3) is 7.06. The van der Waals surface area contributed by atoms with Crippen LogP contribution in [0.5, 0.6) is 11.5 Å². The van der Waals surface area contributed by atoms with Crippen molar-refractivity contribution in [1.29, 1.82) is 0 Å². The molecule has 1 unspecified atom stereocenters. The number of ether oxygens (including phenoxy) is 6. The number of benzene rings is 1. The second-order valence-electron chi connectivity index (χ2n) is 10.8. The van der Waals surface area contributed by atoms with Crippen LogP contribution in [-0.4, -0.2) is 108 Å². The van der Waals surface area contributed by atoms with Crippen LogP contribution in [-0.2, 0) is 29.1 Å². The lowest BCUT2D eigenvalue weighted by Crippen LogP contribution is -2.61. The zero-order valence-corrected chi connectivity index (χ0v) is 23.2. The summed E-state index contributed by atoms with van der Waals surface area (Å²) in [6, 6.07) is 3.28. The van der Waals surface area contributed by atoms with Gasteiger partial charge in [-0.25, -0.2) is 0 Å². The molecular weight excluding hydrogens is 490 g/mol. The largest absolute Gasteiger partial charge is 0.504 e. The fourth-order valence-electron chi connectivity index (χ4n) is 5.75. The molecule has 0 spiro atoms. The van der Waals surface area contributed by atoms with Crippen molar-refractivity contribution in [2.75, 3.05) is 86.3 Å². The van der Waals surface area contributed by atoms with Crippen LogP contribution >= 0.6 is 0 Å². The van der Waals surface area contributed by atoms with E-state index < -0.39 is 0 Å². The van der Waals surface area contributed by atoms with Gasteiger partial charge in [0.05, 0.1) is 65.5 Å². The SMILES string of the molecule is COCCOCCOCCOCCOCCOc1c(O)ccc2c1[C@]1(C)CCN(CC3CC3)C(C2=O)[C@@H]1C. The molecule has 1 N–H and O–H groups in total. The van der Waals surface area contributed by atoms with Gasteiger partial charge in [0.15, 0.2) is 17.3 Å². The van der Waals surface area contributed by atoms with E-state index in [1.54, 1.807) is 19.2 Å². The third-order valence-corrected chi connectivity index (χ3v) is 8.24. The average molecular weight is 536 g/mol. The Hall–Kier alpha value is -1.75. The molecule has 0 amide bonds. The number of hydrogen-bond acceptors (Lipinski definition) is 9. The smallest absolute Gasteiger partial charge is 0.180 e. The second kappa shape index (κ2) is 14.1. The zero-order chi connectivity index (χ0) is 27.0. The van der Waals surface area contributed by atoms with Gasteiger partial charge in [0.25, 0.3) is 0 Å². The molecule has 2 fully saturated rings. The summed E-state index contributed by atoms with van der Waals surface area (Å²) >= 11 is 0. The number of rotatable bonds is 18. The highest BCUT2D eigenvalue weighted by atomic mass is 16.6. The predicted molar refractivity (Wildman–Crippen MR) is 142 cm³/mol. The van der Waals surface area contributed by atoms with Gasteiger partial charge in [0, 0.05) is 30.2 Å². The lowest BCUT2D eigenvalue weighted by Gasteiger charge is -2.53. The number of fused-ring (bicyclic) bond motifs is 4. The summed E-state index contributed by atoms with van der Waals surface area (Å²) in [5.41, 5.74) is 1.33. The quantitative estimate of drug-likeness (QED) is 0.285. The number of ketones is 1. The highest BCUT2D eigenvalue weighted by Crippen LogP contribution is 2.54. The van der Waals surface area contributed by atoms with Gasteiger partial charge < -0.3 is 33.5 Å². The first-order valence-corrected chi connectivity index (χ1v) is 14.0. The maximum Gasteiger partial charge on any atom is 0.180 e. The predicted octanol–water partition coefficient (Wildman–Crippen LogP) is 3.06. The fraction of sp³-hybridized carbons (Fsp3) is 0.759. The van der Waals surface area contributed by atoms with Crippen molar-refractivity contribution < 1.29 is 38.3 Å². The van der Waals surface area contributed by atoms with Crippen molar-refractivity contribution in [3.05, 3.63) is 23.3 Å². The topological polar surface area (TPSA) is 95.9 Å². The highest BCUT2D eigenvalue weighted by Gasteiger charge is 2.54. The molecule has 1 saturated heterocycles. The van der Waals surface area contributed by atoms with Gasteiger partial charge in [-0.05, 0) is 49.8 Å². The Balaban J connectivity index is 1.19. The van der Waals surface area contributed by atoms with Crippen LogP contribution in [0.4, 0.5) is 0 Å². The van der Waals surface area contributed by atoms with Crippen molar-refractivity contribution in [2.45, 2.75) is 44.6 Å². The minimum Gasteiger partial charge on any atom is -0.504 e. The lowest BCUT2D eigenvalue weighted by molar-refractivity contribution is -0.01000. The number of methoxy groups -OCH3 is 1. The van der Waals surface area contributed by atoms with Gasteiger partial charge in [-0.15, -0.1) is 0 Å². The van der Waals surface area contributed by atoms with Gasteiger partial charge in [0.1, 0.15) is 6.61 Å². The summed E-state index contributed by atoms with van der Waals surface area (Å²) in [4.78, 5) is 16.0. The molecule has 1 aromatic carbocycles. The van der Waals surface area contributed by atoms with Crippen LogP contribution in [0.3, 0.4) is 0 Å². The summed E-state index contributed by atoms with van der Waals surface area (Å²) in [6.07, 6.45) is 3.50. The Labute approximate surface area is 226 Å². The molecule has 0 radical (unpaired) electrons. The van der Waals surface area contributed by atoms with Crippen LogP contribution in [0.2, 0.25) is 0 Å². The third-order valence-electron chi connectivity index (χ3n) is 8.24. The molecule has 38 heavy (non-hydrogen) atoms. The van der Waals surface area contributed by atoms with Crippen molar-refractivity contribution in [3.8, 4) is 11.5 Å². The first-order chi connectivity index (χ1) is 18.5. The first-order valence-electron chi connectivity index (χ1n) is 14.0. The van der Waals surface area contributed by atoms with Crippen molar-refractivity contribution in [2.24, 2.45) is 11.8 Å². The summed E-state index contributed by atoms with van der Waals surface area (Å²) in [5, 5.41) is 10.7. The van der Waals surface area contributed by atoms with Crippen molar-refractivity contribution >= 4 is 5.78 Å². The van der Waals surface area contributed by atoms with Crippen molar-refractivity contribution in [3.63, 3.8) is 0 Å². The number of phenolic OH excluding ortho intramolecular Hbond substituents is 1. The Morgan fingerprint density at radius 3 is 2.08 bits per heavy atom. The number of Topliss-reactive ketones (excluding diaryl/α,β-unsaturated/α-hetero) is 1. The Morgan fingerprint density at radius 2 is 1.50 bits per heavy atom. The minimum atomic E-state index is -0.227. The molecule has 9 heteroatoms. The fourth-order valence-corrected chi connectivity index (χ4v) is 5.75. The number of likely N-dealkylation sites (tertiary alicyclic amines) is 1. The molecule has 9 nitrogen and oxygen atoms in total. The van der Waals surface area contributed by atoms with Crippen LogP contribution in [0, 0.1) is 11.8 Å². The van der Waals surface area contributed by atoms with E-state index in [1.807, 2.05) is 0 Å². The molecule has 1 aliphatic heterocycles. The zero-order valence-electron chi connectivity index (χ0n) is 23.2. The van der Waals surface area contributed by atoms with Crippen LogP contribution < -0.4 is 4.74 Å². The normalized spacial score (nSPS) is 25.0. The van der Waals surface area contributed by atoms with Crippen LogP contribution in [0.1, 0.15) is 49.0 Å². The number of nitrogens with zero attached hydrogens (tertiary/aromatic N) is 1. The second-order valence-corrected chi connectivity index (χ2v) is 10.8. The number of piperidine rings is 1. The molecule has 0 aromatic heterocycles. The van der Waals surface area contributed by atoms with Gasteiger partial charge in [-0.3, -0.25) is 9.69 Å². The summed E-state index contributed by atoms with van der Waals surface area (Å²) in [6.45, 7) is 11.1. The monoisotopic (exact) mass is 535 g/mol. The van der Waals surface area contributed by atoms with E-state index in [-0.39, 0.29) is 35.5 Å². The van der Waals surface area contributed by atoms with Crippen LogP contribution in [0.25, 0.3) is 0 Å². The lowest BCUT2D eigenvalue weighted by atomic mass is 9.58. The number of carbonyl (C=O) groups excluding carboxylic acids is 1. The van der Waals surface area contributed by atoms with Gasteiger partial charge >= 0.3 is 0 Å². The number of phenols is 1. The van der Waals surface area contributed by atoms with Crippen molar-refractivity contribution in [1.82, 2.24) is 4.90 Å². The van der Waals surface area contributed by atoms with E-state index in [0.29, 0.717) is 70.8 Å². The van der Waals surface area contributed by atoms with E-state index in [2.05, 4.69) is 18.7 Å². The van der Waals surface area contributed by atoms with E-state index in [4.69, 9.17) is 28.4 Å². The number of carbonyl (C=O) groups is 1. The Kier molecular flexibility index (Phi) is 10.8. The summed E-state index contributed by atoms with van der Waals surface area (Å²) < 4.78 is 32.9. The molecule has 3 atom stereocenters. The summed E-state index contributed by atoms with van der Waals surface area (Å²) in [7, 11) is 1.64. The molecule has 4 rings (SSSR count). The van der Waals surface area contributed by atoms with Gasteiger partial charge in [0.2, 0.25) is 0 Å². The molecule has 214 valence electrons. The maximum absolute atomic E-state index is 13.6. The Bertz CT molecular complexity index is 907. The number of hydrogen-bond donors (Lipinski definition) is 1. The maximum atomic E-state index is 13.6. The minimum absolute atomic E-state index is 0.0799.